The first-order chi connectivity index (χ1) is 15.4. The Hall–Kier alpha value is -3.35. The molecule has 5 rings (SSSR count). The SMILES string of the molecule is CC(C)(CNC(=O)c1nn(-c2ccc(F)cc2)c2c1CCC2)c1ccc2c(c1)OCCO2. The van der Waals surface area contributed by atoms with Crippen LogP contribution in [0.1, 0.15) is 47.6 Å². The first kappa shape index (κ1) is 20.5. The van der Waals surface area contributed by atoms with Gasteiger partial charge in [0.05, 0.1) is 5.69 Å². The highest BCUT2D eigenvalue weighted by Gasteiger charge is 2.29. The van der Waals surface area contributed by atoms with Crippen LogP contribution >= 0.6 is 0 Å². The average Bonchev–Trinajstić information content (AvgIpc) is 3.41. The fourth-order valence-corrected chi connectivity index (χ4v) is 4.37. The lowest BCUT2D eigenvalue weighted by molar-refractivity contribution is 0.0939. The van der Waals surface area contributed by atoms with Crippen molar-refractivity contribution in [3.63, 3.8) is 0 Å². The molecule has 2 heterocycles. The van der Waals surface area contributed by atoms with Gasteiger partial charge in [0.15, 0.2) is 17.2 Å². The number of carbonyl (C=O) groups excluding carboxylic acids is 1. The molecule has 2 aliphatic rings. The molecule has 3 aromatic rings. The summed E-state index contributed by atoms with van der Waals surface area (Å²) in [7, 11) is 0. The van der Waals surface area contributed by atoms with E-state index in [2.05, 4.69) is 24.3 Å². The molecule has 0 spiro atoms. The Balaban J connectivity index is 1.35. The normalized spacial score (nSPS) is 14.8. The van der Waals surface area contributed by atoms with Gasteiger partial charge in [0.2, 0.25) is 0 Å². The molecule has 7 heteroatoms. The molecule has 2 aromatic carbocycles. The van der Waals surface area contributed by atoms with Crippen LogP contribution in [0.2, 0.25) is 0 Å². The van der Waals surface area contributed by atoms with Crippen LogP contribution in [0.3, 0.4) is 0 Å². The van der Waals surface area contributed by atoms with Crippen LogP contribution in [0, 0.1) is 5.82 Å². The molecular formula is C25H26FN3O3. The Morgan fingerprint density at radius 3 is 2.62 bits per heavy atom. The van der Waals surface area contributed by atoms with Gasteiger partial charge in [-0.1, -0.05) is 19.9 Å². The smallest absolute Gasteiger partial charge is 0.272 e. The van der Waals surface area contributed by atoms with E-state index in [0.717, 1.165) is 53.3 Å². The lowest BCUT2D eigenvalue weighted by Crippen LogP contribution is -2.37. The number of rotatable bonds is 5. The summed E-state index contributed by atoms with van der Waals surface area (Å²) in [4.78, 5) is 13.1. The van der Waals surface area contributed by atoms with Crippen molar-refractivity contribution < 1.29 is 18.7 Å². The summed E-state index contributed by atoms with van der Waals surface area (Å²) in [6.45, 7) is 5.71. The highest BCUT2D eigenvalue weighted by atomic mass is 19.1. The predicted molar refractivity (Wildman–Crippen MR) is 118 cm³/mol. The van der Waals surface area contributed by atoms with Gasteiger partial charge in [0.25, 0.3) is 5.91 Å². The Kier molecular flexibility index (Phi) is 5.12. The van der Waals surface area contributed by atoms with Crippen LogP contribution in [0.15, 0.2) is 42.5 Å². The van der Waals surface area contributed by atoms with Crippen molar-refractivity contribution in [2.45, 2.75) is 38.5 Å². The molecule has 1 amide bonds. The van der Waals surface area contributed by atoms with Crippen molar-refractivity contribution in [3.8, 4) is 17.2 Å². The summed E-state index contributed by atoms with van der Waals surface area (Å²) in [5.41, 5.74) is 4.00. The van der Waals surface area contributed by atoms with Gasteiger partial charge < -0.3 is 14.8 Å². The summed E-state index contributed by atoms with van der Waals surface area (Å²) in [5.74, 6) is 1.01. The quantitative estimate of drug-likeness (QED) is 0.659. The van der Waals surface area contributed by atoms with Crippen molar-refractivity contribution in [1.82, 2.24) is 15.1 Å². The first-order valence-electron chi connectivity index (χ1n) is 11.0. The van der Waals surface area contributed by atoms with Gasteiger partial charge in [0.1, 0.15) is 19.0 Å². The number of benzene rings is 2. The molecule has 6 nitrogen and oxygen atoms in total. The number of aromatic nitrogens is 2. The molecule has 0 saturated carbocycles. The van der Waals surface area contributed by atoms with E-state index in [9.17, 15) is 9.18 Å². The van der Waals surface area contributed by atoms with E-state index < -0.39 is 0 Å². The van der Waals surface area contributed by atoms with Crippen LogP contribution < -0.4 is 14.8 Å². The first-order valence-corrected chi connectivity index (χ1v) is 11.0. The number of amides is 1. The van der Waals surface area contributed by atoms with Crippen LogP contribution in [0.25, 0.3) is 5.69 Å². The fraction of sp³-hybridized carbons (Fsp3) is 0.360. The molecular weight excluding hydrogens is 409 g/mol. The maximum atomic E-state index is 13.3. The fourth-order valence-electron chi connectivity index (χ4n) is 4.37. The number of hydrogen-bond acceptors (Lipinski definition) is 4. The summed E-state index contributed by atoms with van der Waals surface area (Å²) in [6.07, 6.45) is 2.66. The highest BCUT2D eigenvalue weighted by Crippen LogP contribution is 2.35. The lowest BCUT2D eigenvalue weighted by atomic mass is 9.84. The Morgan fingerprint density at radius 1 is 1.09 bits per heavy atom. The minimum absolute atomic E-state index is 0.186. The molecule has 166 valence electrons. The molecule has 0 fully saturated rings. The van der Waals surface area contributed by atoms with E-state index in [0.29, 0.717) is 25.5 Å². The molecule has 0 unspecified atom stereocenters. The number of halogens is 1. The number of carbonyl (C=O) groups is 1. The molecule has 1 aliphatic carbocycles. The predicted octanol–water partition coefficient (Wildman–Crippen LogP) is 3.98. The van der Waals surface area contributed by atoms with Crippen molar-refractivity contribution in [3.05, 3.63) is 70.8 Å². The lowest BCUT2D eigenvalue weighted by Gasteiger charge is -2.27. The van der Waals surface area contributed by atoms with Crippen LogP contribution in [0.4, 0.5) is 4.39 Å². The third kappa shape index (κ3) is 3.72. The minimum Gasteiger partial charge on any atom is -0.486 e. The van der Waals surface area contributed by atoms with Gasteiger partial charge in [-0.25, -0.2) is 9.07 Å². The molecule has 0 atom stereocenters. The molecule has 1 aromatic heterocycles. The van der Waals surface area contributed by atoms with Gasteiger partial charge in [-0.05, 0) is 61.2 Å². The van der Waals surface area contributed by atoms with E-state index in [-0.39, 0.29) is 17.1 Å². The Morgan fingerprint density at radius 2 is 1.84 bits per heavy atom. The summed E-state index contributed by atoms with van der Waals surface area (Å²) >= 11 is 0. The second kappa shape index (κ2) is 7.97. The topological polar surface area (TPSA) is 65.4 Å². The van der Waals surface area contributed by atoms with Gasteiger partial charge in [0, 0.05) is 23.2 Å². The number of nitrogens with one attached hydrogen (secondary N) is 1. The molecule has 0 saturated heterocycles. The highest BCUT2D eigenvalue weighted by molar-refractivity contribution is 5.94. The average molecular weight is 435 g/mol. The number of ether oxygens (including phenoxy) is 2. The number of hydrogen-bond donors (Lipinski definition) is 1. The molecule has 0 bridgehead atoms. The van der Waals surface area contributed by atoms with Crippen molar-refractivity contribution in [2.24, 2.45) is 0 Å². The minimum atomic E-state index is -0.311. The van der Waals surface area contributed by atoms with Crippen LogP contribution in [-0.4, -0.2) is 35.4 Å². The zero-order valence-corrected chi connectivity index (χ0v) is 18.3. The largest absolute Gasteiger partial charge is 0.486 e. The van der Waals surface area contributed by atoms with Gasteiger partial charge in [-0.3, -0.25) is 4.79 Å². The van der Waals surface area contributed by atoms with Crippen molar-refractivity contribution in [2.75, 3.05) is 19.8 Å². The van der Waals surface area contributed by atoms with Crippen molar-refractivity contribution in [1.29, 1.82) is 0 Å². The number of nitrogens with zero attached hydrogens (tertiary/aromatic N) is 2. The summed E-state index contributed by atoms with van der Waals surface area (Å²) in [5, 5.41) is 7.68. The van der Waals surface area contributed by atoms with Gasteiger partial charge in [-0.15, -0.1) is 0 Å². The Bertz CT molecular complexity index is 1170. The molecule has 32 heavy (non-hydrogen) atoms. The maximum absolute atomic E-state index is 13.3. The van der Waals surface area contributed by atoms with Crippen molar-refractivity contribution >= 4 is 5.91 Å². The molecule has 0 radical (unpaired) electrons. The molecule has 1 aliphatic heterocycles. The van der Waals surface area contributed by atoms with Crippen LogP contribution in [-0.2, 0) is 18.3 Å². The van der Waals surface area contributed by atoms with E-state index in [4.69, 9.17) is 9.47 Å². The summed E-state index contributed by atoms with van der Waals surface area (Å²) < 4.78 is 26.4. The van der Waals surface area contributed by atoms with Crippen LogP contribution in [0.5, 0.6) is 11.5 Å². The van der Waals surface area contributed by atoms with E-state index >= 15 is 0 Å². The second-order valence-electron chi connectivity index (χ2n) is 8.94. The Labute approximate surface area is 186 Å². The third-order valence-electron chi connectivity index (χ3n) is 6.23. The van der Waals surface area contributed by atoms with E-state index in [1.165, 1.54) is 12.1 Å². The van der Waals surface area contributed by atoms with E-state index in [1.807, 2.05) is 18.2 Å². The zero-order chi connectivity index (χ0) is 22.3. The number of fused-ring (bicyclic) bond motifs is 2. The monoisotopic (exact) mass is 435 g/mol. The van der Waals surface area contributed by atoms with Gasteiger partial charge >= 0.3 is 0 Å². The maximum Gasteiger partial charge on any atom is 0.272 e. The molecule has 1 N–H and O–H groups in total. The second-order valence-corrected chi connectivity index (χ2v) is 8.94. The summed E-state index contributed by atoms with van der Waals surface area (Å²) in [6, 6.07) is 12.1. The third-order valence-corrected chi connectivity index (χ3v) is 6.23. The van der Waals surface area contributed by atoms with E-state index in [1.54, 1.807) is 16.8 Å². The standard InChI is InChI=1S/C25H26FN3O3/c1-25(2,16-6-11-21-22(14-16)32-13-12-31-21)15-27-24(30)23-19-4-3-5-20(19)29(28-23)18-9-7-17(26)8-10-18/h6-11,14H,3-5,12-13,15H2,1-2H3,(H,27,30). The van der Waals surface area contributed by atoms with Gasteiger partial charge in [-0.2, -0.15) is 5.10 Å². The zero-order valence-electron chi connectivity index (χ0n) is 18.3.